The van der Waals surface area contributed by atoms with Gasteiger partial charge in [0.15, 0.2) is 12.0 Å². The van der Waals surface area contributed by atoms with Crippen LogP contribution in [0.2, 0.25) is 0 Å². The van der Waals surface area contributed by atoms with Crippen molar-refractivity contribution in [1.29, 1.82) is 0 Å². The number of halogens is 1. The Morgan fingerprint density at radius 1 is 1.06 bits per heavy atom. The molecule has 0 aliphatic carbocycles. The molecular weight excluding hydrogens is 215 g/mol. The Morgan fingerprint density at radius 2 is 1.59 bits per heavy atom. The molecule has 0 N–H and O–H groups in total. The molecule has 0 saturated carbocycles. The van der Waals surface area contributed by atoms with Crippen LogP contribution in [0.3, 0.4) is 0 Å². The van der Waals surface area contributed by atoms with E-state index >= 15 is 0 Å². The molecule has 0 aliphatic heterocycles. The van der Waals surface area contributed by atoms with E-state index in [1.54, 1.807) is 6.08 Å². The zero-order valence-electron chi connectivity index (χ0n) is 10.8. The van der Waals surface area contributed by atoms with E-state index in [1.165, 1.54) is 18.6 Å². The maximum atomic E-state index is 13.3. The van der Waals surface area contributed by atoms with Crippen LogP contribution in [0, 0.1) is 0 Å². The first-order valence-corrected chi connectivity index (χ1v) is 5.70. The molecule has 0 fully saturated rings. The van der Waals surface area contributed by atoms with Crippen molar-refractivity contribution < 1.29 is 9.18 Å². The topological polar surface area (TPSA) is 17.1 Å². The Morgan fingerprint density at radius 3 is 2.00 bits per heavy atom. The van der Waals surface area contributed by atoms with Gasteiger partial charge >= 0.3 is 0 Å². The molecule has 0 radical (unpaired) electrons. The van der Waals surface area contributed by atoms with Gasteiger partial charge in [-0.25, -0.2) is 4.39 Å². The summed E-state index contributed by atoms with van der Waals surface area (Å²) < 4.78 is 13.3. The summed E-state index contributed by atoms with van der Waals surface area (Å²) in [5, 5.41) is 0. The normalized spacial score (nSPS) is 15.8. The van der Waals surface area contributed by atoms with Crippen molar-refractivity contribution in [2.45, 2.75) is 38.8 Å². The fraction of sp³-hybridized carbons (Fsp3) is 0.400. The smallest absolute Gasteiger partial charge is 0.181 e. The van der Waals surface area contributed by atoms with Crippen LogP contribution in [-0.2, 0) is 10.2 Å². The van der Waals surface area contributed by atoms with Gasteiger partial charge in [0, 0.05) is 0 Å². The molecule has 1 aromatic rings. The summed E-state index contributed by atoms with van der Waals surface area (Å²) in [5.41, 5.74) is 0.347. The lowest BCUT2D eigenvalue weighted by atomic mass is 9.86. The average molecular weight is 234 g/mol. The number of benzene rings is 1. The standard InChI is InChI=1S/C15H19FO/c1-14(2,3)13-7-5-12(6-8-13)9-10-15(4,16)11-17/h5-11H,1-4H3/b10-9+/t15-/m0/s1. The minimum absolute atomic E-state index is 0.111. The fourth-order valence-corrected chi connectivity index (χ4v) is 1.39. The maximum absolute atomic E-state index is 13.3. The summed E-state index contributed by atoms with van der Waals surface area (Å²) in [7, 11) is 0. The summed E-state index contributed by atoms with van der Waals surface area (Å²) in [6, 6.07) is 7.91. The van der Waals surface area contributed by atoms with Gasteiger partial charge in [0.25, 0.3) is 0 Å². The highest BCUT2D eigenvalue weighted by molar-refractivity contribution is 5.68. The molecule has 1 atom stereocenters. The number of allylic oxidation sites excluding steroid dienone is 1. The molecule has 0 aromatic heterocycles. The van der Waals surface area contributed by atoms with Crippen molar-refractivity contribution in [3.8, 4) is 0 Å². The lowest BCUT2D eigenvalue weighted by Crippen LogP contribution is -2.15. The first-order valence-electron chi connectivity index (χ1n) is 5.70. The Kier molecular flexibility index (Phi) is 3.87. The van der Waals surface area contributed by atoms with Gasteiger partial charge < -0.3 is 0 Å². The third-order valence-corrected chi connectivity index (χ3v) is 2.61. The second kappa shape index (κ2) is 4.82. The van der Waals surface area contributed by atoms with Crippen molar-refractivity contribution in [3.63, 3.8) is 0 Å². The van der Waals surface area contributed by atoms with Gasteiger partial charge in [-0.05, 0) is 29.5 Å². The van der Waals surface area contributed by atoms with Crippen LogP contribution in [0.25, 0.3) is 6.08 Å². The maximum Gasteiger partial charge on any atom is 0.181 e. The van der Waals surface area contributed by atoms with E-state index in [-0.39, 0.29) is 5.41 Å². The second-order valence-electron chi connectivity index (χ2n) is 5.47. The van der Waals surface area contributed by atoms with Gasteiger partial charge in [-0.15, -0.1) is 0 Å². The summed E-state index contributed by atoms with van der Waals surface area (Å²) in [6.07, 6.45) is 3.19. The summed E-state index contributed by atoms with van der Waals surface area (Å²) in [6.45, 7) is 7.66. The van der Waals surface area contributed by atoms with Crippen LogP contribution < -0.4 is 0 Å². The molecule has 1 aromatic carbocycles. The van der Waals surface area contributed by atoms with Gasteiger partial charge in [0.2, 0.25) is 0 Å². The molecular formula is C15H19FO. The van der Waals surface area contributed by atoms with E-state index in [2.05, 4.69) is 20.8 Å². The van der Waals surface area contributed by atoms with Gasteiger partial charge in [-0.1, -0.05) is 51.1 Å². The second-order valence-corrected chi connectivity index (χ2v) is 5.47. The monoisotopic (exact) mass is 234 g/mol. The van der Waals surface area contributed by atoms with Crippen molar-refractivity contribution in [2.24, 2.45) is 0 Å². The molecule has 0 heterocycles. The summed E-state index contributed by atoms with van der Waals surface area (Å²) >= 11 is 0. The van der Waals surface area contributed by atoms with E-state index in [0.717, 1.165) is 5.56 Å². The van der Waals surface area contributed by atoms with Crippen molar-refractivity contribution >= 4 is 12.4 Å². The van der Waals surface area contributed by atoms with Gasteiger partial charge in [-0.2, -0.15) is 0 Å². The van der Waals surface area contributed by atoms with Crippen molar-refractivity contribution in [2.75, 3.05) is 0 Å². The molecule has 92 valence electrons. The average Bonchev–Trinajstić information content (AvgIpc) is 2.26. The third kappa shape index (κ3) is 4.14. The van der Waals surface area contributed by atoms with Gasteiger partial charge in [0.05, 0.1) is 0 Å². The van der Waals surface area contributed by atoms with Crippen LogP contribution in [0.15, 0.2) is 30.3 Å². The fourth-order valence-electron chi connectivity index (χ4n) is 1.39. The number of hydrogen-bond donors (Lipinski definition) is 0. The highest BCUT2D eigenvalue weighted by Crippen LogP contribution is 2.22. The minimum Gasteiger partial charge on any atom is -0.299 e. The lowest BCUT2D eigenvalue weighted by molar-refractivity contribution is -0.114. The SMILES string of the molecule is CC(C)(C)c1ccc(/C=C/[C@](C)(F)C=O)cc1. The summed E-state index contributed by atoms with van der Waals surface area (Å²) in [4.78, 5) is 10.4. The molecule has 0 amide bonds. The van der Waals surface area contributed by atoms with Gasteiger partial charge in [0.1, 0.15) is 0 Å². The van der Waals surface area contributed by atoms with E-state index in [4.69, 9.17) is 0 Å². The van der Waals surface area contributed by atoms with Crippen LogP contribution >= 0.6 is 0 Å². The Bertz CT molecular complexity index is 408. The van der Waals surface area contributed by atoms with Gasteiger partial charge in [-0.3, -0.25) is 4.79 Å². The number of aldehydes is 1. The number of carbonyl (C=O) groups is 1. The molecule has 17 heavy (non-hydrogen) atoms. The van der Waals surface area contributed by atoms with Crippen LogP contribution in [0.4, 0.5) is 4.39 Å². The molecule has 2 heteroatoms. The van der Waals surface area contributed by atoms with E-state index in [0.29, 0.717) is 6.29 Å². The largest absolute Gasteiger partial charge is 0.299 e. The molecule has 0 aliphatic rings. The first kappa shape index (κ1) is 13.6. The zero-order valence-corrected chi connectivity index (χ0v) is 10.8. The summed E-state index contributed by atoms with van der Waals surface area (Å²) in [5.74, 6) is 0. The Balaban J connectivity index is 2.86. The molecule has 1 rings (SSSR count). The molecule has 0 saturated heterocycles. The third-order valence-electron chi connectivity index (χ3n) is 2.61. The quantitative estimate of drug-likeness (QED) is 0.724. The van der Waals surface area contributed by atoms with Crippen LogP contribution in [0.1, 0.15) is 38.8 Å². The van der Waals surface area contributed by atoms with E-state index in [1.807, 2.05) is 24.3 Å². The molecule has 1 nitrogen and oxygen atoms in total. The Labute approximate surface area is 102 Å². The van der Waals surface area contributed by atoms with E-state index in [9.17, 15) is 9.18 Å². The Hall–Kier alpha value is -1.44. The van der Waals surface area contributed by atoms with Crippen molar-refractivity contribution in [3.05, 3.63) is 41.5 Å². The van der Waals surface area contributed by atoms with Crippen LogP contribution in [0.5, 0.6) is 0 Å². The molecule has 0 unspecified atom stereocenters. The lowest BCUT2D eigenvalue weighted by Gasteiger charge is -2.18. The van der Waals surface area contributed by atoms with Crippen LogP contribution in [-0.4, -0.2) is 12.0 Å². The zero-order chi connectivity index (χ0) is 13.1. The number of carbonyl (C=O) groups excluding carboxylic acids is 1. The predicted molar refractivity (Wildman–Crippen MR) is 69.8 cm³/mol. The first-order chi connectivity index (χ1) is 7.74. The van der Waals surface area contributed by atoms with E-state index < -0.39 is 5.67 Å². The highest BCUT2D eigenvalue weighted by Gasteiger charge is 2.17. The minimum atomic E-state index is -1.89. The molecule has 0 spiro atoms. The number of rotatable bonds is 3. The highest BCUT2D eigenvalue weighted by atomic mass is 19.1. The molecule has 0 bridgehead atoms. The predicted octanol–water partition coefficient (Wildman–Crippen LogP) is 3.92. The number of alkyl halides is 1. The number of hydrogen-bond acceptors (Lipinski definition) is 1. The van der Waals surface area contributed by atoms with Crippen molar-refractivity contribution in [1.82, 2.24) is 0 Å².